The minimum Gasteiger partial charge on any atom is -0.336 e. The molecule has 1 aromatic rings. The topological polar surface area (TPSA) is 37.4 Å². The first-order valence-electron chi connectivity index (χ1n) is 7.54. The SMILES string of the molecule is CCCc1ccc(C(=O)C(=O)N2CCC(C)CC2)cc1. The fourth-order valence-corrected chi connectivity index (χ4v) is 2.59. The molecule has 0 aliphatic carbocycles. The number of aryl methyl sites for hydroxylation is 1. The molecule has 0 N–H and O–H groups in total. The van der Waals surface area contributed by atoms with E-state index in [4.69, 9.17) is 0 Å². The van der Waals surface area contributed by atoms with Gasteiger partial charge >= 0.3 is 0 Å². The molecule has 0 aromatic heterocycles. The molecule has 1 amide bonds. The van der Waals surface area contributed by atoms with E-state index >= 15 is 0 Å². The largest absolute Gasteiger partial charge is 0.336 e. The quantitative estimate of drug-likeness (QED) is 0.624. The van der Waals surface area contributed by atoms with Crippen molar-refractivity contribution in [1.82, 2.24) is 4.90 Å². The molecular formula is C17H23NO2. The van der Waals surface area contributed by atoms with Gasteiger partial charge in [-0.3, -0.25) is 9.59 Å². The zero-order chi connectivity index (χ0) is 14.5. The molecule has 3 nitrogen and oxygen atoms in total. The number of rotatable bonds is 4. The van der Waals surface area contributed by atoms with Gasteiger partial charge in [0.15, 0.2) is 0 Å². The van der Waals surface area contributed by atoms with Crippen LogP contribution < -0.4 is 0 Å². The van der Waals surface area contributed by atoms with E-state index in [-0.39, 0.29) is 11.7 Å². The Kier molecular flexibility index (Phi) is 4.94. The van der Waals surface area contributed by atoms with E-state index in [2.05, 4.69) is 13.8 Å². The van der Waals surface area contributed by atoms with Gasteiger partial charge in [0.2, 0.25) is 5.78 Å². The first kappa shape index (κ1) is 14.8. The van der Waals surface area contributed by atoms with Crippen molar-refractivity contribution in [1.29, 1.82) is 0 Å². The number of likely N-dealkylation sites (tertiary alicyclic amines) is 1. The Morgan fingerprint density at radius 2 is 1.75 bits per heavy atom. The van der Waals surface area contributed by atoms with E-state index in [0.717, 1.165) is 25.7 Å². The molecule has 0 radical (unpaired) electrons. The number of Topliss-reactive ketones (excluding diaryl/α,β-unsaturated/α-hetero) is 1. The summed E-state index contributed by atoms with van der Waals surface area (Å²) >= 11 is 0. The summed E-state index contributed by atoms with van der Waals surface area (Å²) in [6.45, 7) is 5.73. The lowest BCUT2D eigenvalue weighted by atomic mass is 9.98. The molecule has 0 atom stereocenters. The van der Waals surface area contributed by atoms with Gasteiger partial charge in [0.05, 0.1) is 0 Å². The fraction of sp³-hybridized carbons (Fsp3) is 0.529. The highest BCUT2D eigenvalue weighted by Crippen LogP contribution is 2.17. The van der Waals surface area contributed by atoms with Crippen LogP contribution in [-0.4, -0.2) is 29.7 Å². The summed E-state index contributed by atoms with van der Waals surface area (Å²) in [5.74, 6) is -0.0646. The molecule has 20 heavy (non-hydrogen) atoms. The van der Waals surface area contributed by atoms with Crippen molar-refractivity contribution in [2.24, 2.45) is 5.92 Å². The normalized spacial score (nSPS) is 16.2. The molecule has 2 rings (SSSR count). The van der Waals surface area contributed by atoms with Gasteiger partial charge in [-0.05, 0) is 30.7 Å². The van der Waals surface area contributed by atoms with Gasteiger partial charge < -0.3 is 4.90 Å². The van der Waals surface area contributed by atoms with Crippen molar-refractivity contribution < 1.29 is 9.59 Å². The predicted molar refractivity (Wildman–Crippen MR) is 79.7 cm³/mol. The standard InChI is InChI=1S/C17H23NO2/c1-3-4-14-5-7-15(8-6-14)16(19)17(20)18-11-9-13(2)10-12-18/h5-8,13H,3-4,9-12H2,1-2H3. The van der Waals surface area contributed by atoms with E-state index in [1.165, 1.54) is 5.56 Å². The highest BCUT2D eigenvalue weighted by Gasteiger charge is 2.26. The van der Waals surface area contributed by atoms with Crippen LogP contribution in [0.3, 0.4) is 0 Å². The van der Waals surface area contributed by atoms with Gasteiger partial charge in [-0.25, -0.2) is 0 Å². The van der Waals surface area contributed by atoms with Crippen LogP contribution in [0.5, 0.6) is 0 Å². The lowest BCUT2D eigenvalue weighted by Crippen LogP contribution is -2.41. The summed E-state index contributed by atoms with van der Waals surface area (Å²) in [4.78, 5) is 26.1. The van der Waals surface area contributed by atoms with Gasteiger partial charge in [0.25, 0.3) is 5.91 Å². The molecule has 0 bridgehead atoms. The molecule has 1 heterocycles. The van der Waals surface area contributed by atoms with Gasteiger partial charge in [-0.2, -0.15) is 0 Å². The Morgan fingerprint density at radius 3 is 2.30 bits per heavy atom. The Balaban J connectivity index is 2.01. The van der Waals surface area contributed by atoms with Crippen molar-refractivity contribution >= 4 is 11.7 Å². The minimum atomic E-state index is -0.373. The second kappa shape index (κ2) is 6.69. The number of nitrogens with zero attached hydrogens (tertiary/aromatic N) is 1. The second-order valence-electron chi connectivity index (χ2n) is 5.75. The summed E-state index contributed by atoms with van der Waals surface area (Å²) in [7, 11) is 0. The van der Waals surface area contributed by atoms with Gasteiger partial charge in [-0.15, -0.1) is 0 Å². The van der Waals surface area contributed by atoms with Crippen LogP contribution in [0.4, 0.5) is 0 Å². The fourth-order valence-electron chi connectivity index (χ4n) is 2.59. The number of hydrogen-bond donors (Lipinski definition) is 0. The zero-order valence-corrected chi connectivity index (χ0v) is 12.4. The van der Waals surface area contributed by atoms with Crippen LogP contribution in [0.25, 0.3) is 0 Å². The van der Waals surface area contributed by atoms with Crippen molar-refractivity contribution in [2.75, 3.05) is 13.1 Å². The van der Waals surface area contributed by atoms with Crippen LogP contribution >= 0.6 is 0 Å². The summed E-state index contributed by atoms with van der Waals surface area (Å²) < 4.78 is 0. The molecule has 1 aliphatic rings. The molecule has 1 aromatic carbocycles. The first-order valence-corrected chi connectivity index (χ1v) is 7.54. The third-order valence-electron chi connectivity index (χ3n) is 4.02. The number of hydrogen-bond acceptors (Lipinski definition) is 2. The Hall–Kier alpha value is -1.64. The summed E-state index contributed by atoms with van der Waals surface area (Å²) in [5.41, 5.74) is 1.72. The maximum absolute atomic E-state index is 12.2. The average molecular weight is 273 g/mol. The lowest BCUT2D eigenvalue weighted by molar-refractivity contribution is -0.127. The molecule has 1 fully saturated rings. The molecular weight excluding hydrogens is 250 g/mol. The highest BCUT2D eigenvalue weighted by molar-refractivity contribution is 6.42. The smallest absolute Gasteiger partial charge is 0.294 e. The lowest BCUT2D eigenvalue weighted by Gasteiger charge is -2.29. The van der Waals surface area contributed by atoms with Crippen molar-refractivity contribution in [3.05, 3.63) is 35.4 Å². The first-order chi connectivity index (χ1) is 9.61. The number of carbonyl (C=O) groups is 2. The van der Waals surface area contributed by atoms with E-state index in [0.29, 0.717) is 24.6 Å². The van der Waals surface area contributed by atoms with E-state index in [9.17, 15) is 9.59 Å². The Morgan fingerprint density at radius 1 is 1.15 bits per heavy atom. The minimum absolute atomic E-state index is 0.347. The number of amides is 1. The molecule has 1 saturated heterocycles. The van der Waals surface area contributed by atoms with Crippen molar-refractivity contribution in [3.63, 3.8) is 0 Å². The average Bonchev–Trinajstić information content (AvgIpc) is 2.48. The van der Waals surface area contributed by atoms with Crippen LogP contribution in [0.1, 0.15) is 49.0 Å². The molecule has 3 heteroatoms. The van der Waals surface area contributed by atoms with E-state index in [1.807, 2.05) is 12.1 Å². The highest BCUT2D eigenvalue weighted by atomic mass is 16.2. The number of ketones is 1. The summed E-state index contributed by atoms with van der Waals surface area (Å²) in [6, 6.07) is 7.44. The maximum Gasteiger partial charge on any atom is 0.294 e. The van der Waals surface area contributed by atoms with Gasteiger partial charge in [0.1, 0.15) is 0 Å². The van der Waals surface area contributed by atoms with E-state index < -0.39 is 0 Å². The third kappa shape index (κ3) is 3.47. The molecule has 0 spiro atoms. The van der Waals surface area contributed by atoms with Gasteiger partial charge in [0, 0.05) is 18.7 Å². The van der Waals surface area contributed by atoms with Crippen molar-refractivity contribution in [3.8, 4) is 0 Å². The van der Waals surface area contributed by atoms with Crippen molar-refractivity contribution in [2.45, 2.75) is 39.5 Å². The number of piperidine rings is 1. The predicted octanol–water partition coefficient (Wildman–Crippen LogP) is 3.08. The molecule has 0 unspecified atom stereocenters. The third-order valence-corrected chi connectivity index (χ3v) is 4.02. The number of carbonyl (C=O) groups excluding carboxylic acids is 2. The number of benzene rings is 1. The van der Waals surface area contributed by atoms with Gasteiger partial charge in [-0.1, -0.05) is 44.5 Å². The second-order valence-corrected chi connectivity index (χ2v) is 5.75. The summed E-state index contributed by atoms with van der Waals surface area (Å²) in [6.07, 6.45) is 4.08. The Bertz CT molecular complexity index is 470. The van der Waals surface area contributed by atoms with Crippen LogP contribution in [-0.2, 0) is 11.2 Å². The van der Waals surface area contributed by atoms with E-state index in [1.54, 1.807) is 17.0 Å². The molecule has 0 saturated carbocycles. The molecule has 1 aliphatic heterocycles. The van der Waals surface area contributed by atoms with Crippen LogP contribution in [0, 0.1) is 5.92 Å². The zero-order valence-electron chi connectivity index (χ0n) is 12.4. The monoisotopic (exact) mass is 273 g/mol. The summed E-state index contributed by atoms with van der Waals surface area (Å²) in [5, 5.41) is 0. The molecule has 108 valence electrons. The maximum atomic E-state index is 12.2. The van der Waals surface area contributed by atoms with Crippen LogP contribution in [0.2, 0.25) is 0 Å². The van der Waals surface area contributed by atoms with Crippen LogP contribution in [0.15, 0.2) is 24.3 Å². The Labute approximate surface area is 121 Å².